The lowest BCUT2D eigenvalue weighted by Gasteiger charge is -2.29. The summed E-state index contributed by atoms with van der Waals surface area (Å²) in [5.41, 5.74) is 10.3. The predicted molar refractivity (Wildman–Crippen MR) is 282 cm³/mol. The van der Waals surface area contributed by atoms with E-state index in [1.54, 1.807) is 75.4 Å². The van der Waals surface area contributed by atoms with Crippen LogP contribution in [0.2, 0.25) is 0 Å². The van der Waals surface area contributed by atoms with Crippen molar-refractivity contribution in [1.82, 2.24) is 30.7 Å². The molecule has 9 amide bonds. The first kappa shape index (κ1) is 59.0. The van der Waals surface area contributed by atoms with Gasteiger partial charge >= 0.3 is 17.9 Å². The number of nitrogens with zero attached hydrogens (tertiary/aromatic N) is 3. The number of carbonyl (C=O) groups excluding carboxylic acids is 11. The molecule has 0 bridgehead atoms. The number of carboxylic acids is 1. The Balaban J connectivity index is 0.000000177. The molecule has 3 fully saturated rings. The molecule has 3 atom stereocenters. The number of hydrogen-bond acceptors (Lipinski definition) is 17. The lowest BCUT2D eigenvalue weighted by Crippen LogP contribution is -2.52. The van der Waals surface area contributed by atoms with E-state index in [2.05, 4.69) is 42.5 Å². The molecule has 78 heavy (non-hydrogen) atoms. The summed E-state index contributed by atoms with van der Waals surface area (Å²) in [6, 6.07) is 13.4. The van der Waals surface area contributed by atoms with Crippen molar-refractivity contribution >= 4 is 104 Å². The topological polar surface area (TPSA) is 339 Å². The summed E-state index contributed by atoms with van der Waals surface area (Å²) in [5.74, 6) is -4.62. The number of imide groups is 3. The van der Waals surface area contributed by atoms with E-state index in [1.807, 2.05) is 20.8 Å². The Labute approximate surface area is 456 Å². The number of nitrogens with two attached hydrogens (primary N) is 1. The molecule has 3 saturated heterocycles. The van der Waals surface area contributed by atoms with Gasteiger partial charge in [0.15, 0.2) is 0 Å². The number of benzene rings is 3. The molecule has 6 heterocycles. The lowest BCUT2D eigenvalue weighted by atomic mass is 10.0. The van der Waals surface area contributed by atoms with Gasteiger partial charge in [0.05, 0.1) is 0 Å². The number of anilines is 3. The monoisotopic (exact) mass is 1140 g/mol. The number of amides is 9. The van der Waals surface area contributed by atoms with Gasteiger partial charge in [-0.15, -0.1) is 0 Å². The second kappa shape index (κ2) is 24.8. The van der Waals surface area contributed by atoms with Crippen LogP contribution >= 0.6 is 15.9 Å². The molecule has 6 aliphatic rings. The summed E-state index contributed by atoms with van der Waals surface area (Å²) in [6.45, 7) is 11.4. The molecule has 416 valence electrons. The maximum Gasteiger partial charge on any atom is 0.325 e. The number of ether oxygens (including phenoxy) is 2. The van der Waals surface area contributed by atoms with E-state index in [0.29, 0.717) is 65.1 Å². The summed E-state index contributed by atoms with van der Waals surface area (Å²) < 4.78 is 10.2. The van der Waals surface area contributed by atoms with Gasteiger partial charge < -0.3 is 45.6 Å². The van der Waals surface area contributed by atoms with E-state index in [-0.39, 0.29) is 97.8 Å². The number of esters is 2. The third-order valence-electron chi connectivity index (χ3n) is 12.6. The first-order valence-corrected chi connectivity index (χ1v) is 26.0. The molecule has 24 nitrogen and oxygen atoms in total. The smallest absolute Gasteiger partial charge is 0.325 e. The van der Waals surface area contributed by atoms with Gasteiger partial charge in [-0.2, -0.15) is 0 Å². The highest BCUT2D eigenvalue weighted by Crippen LogP contribution is 2.35. The Morgan fingerprint density at radius 3 is 1.24 bits per heavy atom. The van der Waals surface area contributed by atoms with E-state index in [0.717, 1.165) is 11.1 Å². The van der Waals surface area contributed by atoms with Gasteiger partial charge in [0, 0.05) is 89.3 Å². The van der Waals surface area contributed by atoms with Crippen molar-refractivity contribution in [1.29, 1.82) is 0 Å². The number of alkyl halides is 1. The third-order valence-corrected chi connectivity index (χ3v) is 13.0. The Hall–Kier alpha value is -8.22. The van der Waals surface area contributed by atoms with Gasteiger partial charge in [0.1, 0.15) is 47.7 Å². The van der Waals surface area contributed by atoms with Crippen LogP contribution in [0.5, 0.6) is 0 Å². The van der Waals surface area contributed by atoms with Crippen molar-refractivity contribution in [3.05, 3.63) is 88.0 Å². The number of carboxylic acid groups (broad SMARTS) is 1. The van der Waals surface area contributed by atoms with Crippen LogP contribution in [0.15, 0.2) is 54.6 Å². The minimum atomic E-state index is -1.01. The zero-order valence-corrected chi connectivity index (χ0v) is 45.5. The summed E-state index contributed by atoms with van der Waals surface area (Å²) in [4.78, 5) is 145. The molecule has 0 saturated carbocycles. The van der Waals surface area contributed by atoms with Crippen LogP contribution in [0, 0.1) is 0 Å². The molecular formula is C53H62BrN9O15. The average Bonchev–Trinajstić information content (AvgIpc) is 4.10. The van der Waals surface area contributed by atoms with Crippen LogP contribution in [0.3, 0.4) is 0 Å². The van der Waals surface area contributed by atoms with Crippen LogP contribution in [0.1, 0.15) is 128 Å². The number of aliphatic carboxylic acids is 1. The Morgan fingerprint density at radius 2 is 0.910 bits per heavy atom. The van der Waals surface area contributed by atoms with Crippen molar-refractivity contribution in [2.75, 3.05) is 34.8 Å². The molecule has 9 rings (SSSR count). The Bertz CT molecular complexity index is 2950. The SMILES string of the molecule is CC(C)(C)OC(=O)CBr.CC(C)(C)OC(=O)CNc1cccc2c1CN(C1CCC(=O)NC1=O)C2=O.Nc1cccc2c1CN(C1CCC(=O)NC1=O)C2=O.O=C(O)CNc1cccc2c1CN(C1CCC(=O)NC1=O)C2=O. The van der Waals surface area contributed by atoms with Crippen LogP contribution in [0.4, 0.5) is 17.1 Å². The summed E-state index contributed by atoms with van der Waals surface area (Å²) >= 11 is 2.99. The van der Waals surface area contributed by atoms with Gasteiger partial charge in [-0.05, 0) is 97.2 Å². The Kier molecular flexibility index (Phi) is 18.8. The van der Waals surface area contributed by atoms with E-state index in [4.69, 9.17) is 20.3 Å². The van der Waals surface area contributed by atoms with E-state index >= 15 is 0 Å². The fraction of sp³-hybridized carbons (Fsp3) is 0.434. The predicted octanol–water partition coefficient (Wildman–Crippen LogP) is 2.90. The van der Waals surface area contributed by atoms with Crippen LogP contribution in [-0.2, 0) is 72.3 Å². The molecule has 3 aromatic carbocycles. The molecule has 0 radical (unpaired) electrons. The van der Waals surface area contributed by atoms with Gasteiger partial charge in [-0.25, -0.2) is 0 Å². The molecule has 3 aromatic rings. The van der Waals surface area contributed by atoms with Crippen LogP contribution in [0.25, 0.3) is 0 Å². The normalized spacial score (nSPS) is 19.5. The second-order valence-corrected chi connectivity index (χ2v) is 21.2. The zero-order chi connectivity index (χ0) is 57.4. The zero-order valence-electron chi connectivity index (χ0n) is 43.9. The number of hydrogen-bond donors (Lipinski definition) is 7. The molecular weight excluding hydrogens is 1080 g/mol. The van der Waals surface area contributed by atoms with Crippen LogP contribution < -0.4 is 32.3 Å². The number of nitrogen functional groups attached to an aromatic ring is 1. The molecule has 0 aromatic heterocycles. The molecule has 0 aliphatic carbocycles. The highest BCUT2D eigenvalue weighted by atomic mass is 79.9. The minimum Gasteiger partial charge on any atom is -0.480 e. The number of nitrogens with one attached hydrogen (secondary N) is 5. The maximum absolute atomic E-state index is 12.7. The summed E-state index contributed by atoms with van der Waals surface area (Å²) in [7, 11) is 0. The molecule has 8 N–H and O–H groups in total. The molecule has 6 aliphatic heterocycles. The number of rotatable bonds is 10. The summed E-state index contributed by atoms with van der Waals surface area (Å²) in [5, 5.41) is 21.6. The fourth-order valence-corrected chi connectivity index (χ4v) is 9.31. The standard InChI is InChI=1S/C19H23N3O5.C15H15N3O5.C13H13N3O3.C6H11BrO2/c1-19(2,3)27-16(24)9-20-13-6-4-5-11-12(13)10-22(18(11)26)14-7-8-15(23)21-17(14)25;19-12-5-4-11(14(22)17-12)18-7-9-8(15(18)23)2-1-3-10(9)16-6-13(20)21;14-9-3-1-2-7-8(9)6-16(13(7)19)10-4-5-11(17)15-12(10)18;1-6(2,3)9-5(8)4-7/h4-6,14,20H,7-10H2,1-3H3,(H,21,23,25);1-3,11,16H,4-7H2,(H,20,21)(H,17,19,22);1-3,10H,4-6,14H2,(H,15,17,18);4H2,1-3H3. The molecule has 25 heteroatoms. The minimum absolute atomic E-state index is 0.0275. The average molecular weight is 1150 g/mol. The van der Waals surface area contributed by atoms with Gasteiger partial charge in [0.25, 0.3) is 17.7 Å². The number of carbonyl (C=O) groups is 12. The largest absolute Gasteiger partial charge is 0.480 e. The summed E-state index contributed by atoms with van der Waals surface area (Å²) in [6.07, 6.45) is 1.63. The van der Waals surface area contributed by atoms with E-state index < -0.39 is 53.4 Å². The molecule has 0 spiro atoms. The van der Waals surface area contributed by atoms with Crippen molar-refractivity contribution in [3.63, 3.8) is 0 Å². The van der Waals surface area contributed by atoms with E-state index in [9.17, 15) is 57.5 Å². The van der Waals surface area contributed by atoms with Gasteiger partial charge in [-0.1, -0.05) is 34.1 Å². The number of piperidine rings is 3. The quantitative estimate of drug-likeness (QED) is 0.0664. The second-order valence-electron chi connectivity index (χ2n) is 20.6. The van der Waals surface area contributed by atoms with Gasteiger partial charge in [-0.3, -0.25) is 73.5 Å². The number of fused-ring (bicyclic) bond motifs is 3. The Morgan fingerprint density at radius 1 is 0.564 bits per heavy atom. The van der Waals surface area contributed by atoms with Crippen LogP contribution in [-0.4, -0.2) is 139 Å². The van der Waals surface area contributed by atoms with Crippen molar-refractivity contribution < 1.29 is 72.1 Å². The highest BCUT2D eigenvalue weighted by Gasteiger charge is 2.42. The van der Waals surface area contributed by atoms with Crippen molar-refractivity contribution in [2.24, 2.45) is 0 Å². The molecule has 3 unspecified atom stereocenters. The first-order chi connectivity index (χ1) is 36.7. The first-order valence-electron chi connectivity index (χ1n) is 24.9. The number of halogens is 1. The fourth-order valence-electron chi connectivity index (χ4n) is 9.20. The lowest BCUT2D eigenvalue weighted by molar-refractivity contribution is -0.153. The van der Waals surface area contributed by atoms with E-state index in [1.165, 1.54) is 14.7 Å². The van der Waals surface area contributed by atoms with Gasteiger partial charge in [0.2, 0.25) is 35.4 Å². The maximum atomic E-state index is 12.7. The van der Waals surface area contributed by atoms with Crippen molar-refractivity contribution in [3.8, 4) is 0 Å². The highest BCUT2D eigenvalue weighted by molar-refractivity contribution is 9.09. The third kappa shape index (κ3) is 14.8. The van der Waals surface area contributed by atoms with Crippen molar-refractivity contribution in [2.45, 2.75) is 129 Å².